The zero-order valence-electron chi connectivity index (χ0n) is 17.3. The molecule has 2 aliphatic heterocycles. The van der Waals surface area contributed by atoms with Crippen molar-refractivity contribution in [1.82, 2.24) is 19.6 Å². The molecule has 1 aromatic carbocycles. The molecule has 2 heterocycles. The lowest BCUT2D eigenvalue weighted by molar-refractivity contribution is -0.133. The Kier molecular flexibility index (Phi) is 7.31. The minimum Gasteiger partial charge on any atom is -0.340 e. The topological polar surface area (TPSA) is 47.1 Å². The SMILES string of the molecule is CN(C)C(=O)N1CCCC(CCC(=O)N2CCN(Cc3ccccc3)CC2)C1. The van der Waals surface area contributed by atoms with Gasteiger partial charge in [0.1, 0.15) is 0 Å². The number of piperidine rings is 1. The van der Waals surface area contributed by atoms with Crippen molar-refractivity contribution in [3.8, 4) is 0 Å². The minimum atomic E-state index is 0.0885. The van der Waals surface area contributed by atoms with E-state index in [1.165, 1.54) is 5.56 Å². The highest BCUT2D eigenvalue weighted by Gasteiger charge is 2.26. The molecular formula is C22H34N4O2. The molecule has 0 saturated carbocycles. The van der Waals surface area contributed by atoms with Crippen molar-refractivity contribution in [2.45, 2.75) is 32.2 Å². The van der Waals surface area contributed by atoms with Gasteiger partial charge in [-0.2, -0.15) is 0 Å². The van der Waals surface area contributed by atoms with Gasteiger partial charge in [-0.15, -0.1) is 0 Å². The molecule has 1 aromatic rings. The van der Waals surface area contributed by atoms with Gasteiger partial charge in [-0.1, -0.05) is 30.3 Å². The third-order valence-corrected chi connectivity index (χ3v) is 5.91. The van der Waals surface area contributed by atoms with Gasteiger partial charge in [0.15, 0.2) is 0 Å². The number of benzene rings is 1. The molecule has 2 saturated heterocycles. The number of piperazine rings is 1. The zero-order chi connectivity index (χ0) is 19.9. The maximum absolute atomic E-state index is 12.6. The van der Waals surface area contributed by atoms with Crippen LogP contribution in [0.5, 0.6) is 0 Å². The van der Waals surface area contributed by atoms with Crippen molar-refractivity contribution in [2.24, 2.45) is 5.92 Å². The maximum Gasteiger partial charge on any atom is 0.319 e. The van der Waals surface area contributed by atoms with Crippen molar-refractivity contribution in [2.75, 3.05) is 53.4 Å². The van der Waals surface area contributed by atoms with Crippen molar-refractivity contribution in [1.29, 1.82) is 0 Å². The van der Waals surface area contributed by atoms with Gasteiger partial charge in [-0.05, 0) is 30.7 Å². The van der Waals surface area contributed by atoms with Crippen LogP contribution in [0, 0.1) is 5.92 Å². The van der Waals surface area contributed by atoms with Gasteiger partial charge in [0.2, 0.25) is 5.91 Å². The molecule has 0 aliphatic carbocycles. The quantitative estimate of drug-likeness (QED) is 0.781. The number of amides is 3. The van der Waals surface area contributed by atoms with Crippen LogP contribution in [0.25, 0.3) is 0 Å². The van der Waals surface area contributed by atoms with Crippen molar-refractivity contribution >= 4 is 11.9 Å². The highest BCUT2D eigenvalue weighted by Crippen LogP contribution is 2.22. The van der Waals surface area contributed by atoms with E-state index < -0.39 is 0 Å². The summed E-state index contributed by atoms with van der Waals surface area (Å²) in [6, 6.07) is 10.6. The smallest absolute Gasteiger partial charge is 0.319 e. The number of rotatable bonds is 5. The van der Waals surface area contributed by atoms with E-state index in [-0.39, 0.29) is 11.9 Å². The predicted octanol–water partition coefficient (Wildman–Crippen LogP) is 2.50. The van der Waals surface area contributed by atoms with Crippen LogP contribution in [0.3, 0.4) is 0 Å². The standard InChI is InChI=1S/C22H34N4O2/c1-23(2)22(28)26-12-6-9-20(18-26)10-11-21(27)25-15-13-24(14-16-25)17-19-7-4-3-5-8-19/h3-5,7-8,20H,6,9-18H2,1-2H3. The van der Waals surface area contributed by atoms with Gasteiger partial charge in [0, 0.05) is 66.3 Å². The summed E-state index contributed by atoms with van der Waals surface area (Å²) in [6.07, 6.45) is 3.65. The Balaban J connectivity index is 1.38. The summed E-state index contributed by atoms with van der Waals surface area (Å²) in [6.45, 7) is 6.11. The summed E-state index contributed by atoms with van der Waals surface area (Å²) < 4.78 is 0. The fourth-order valence-electron chi connectivity index (χ4n) is 4.24. The second-order valence-electron chi connectivity index (χ2n) is 8.31. The third kappa shape index (κ3) is 5.71. The Morgan fingerprint density at radius 2 is 1.71 bits per heavy atom. The first-order valence-electron chi connectivity index (χ1n) is 10.5. The van der Waals surface area contributed by atoms with Gasteiger partial charge < -0.3 is 14.7 Å². The van der Waals surface area contributed by atoms with Crippen LogP contribution in [0.15, 0.2) is 30.3 Å². The monoisotopic (exact) mass is 386 g/mol. The van der Waals surface area contributed by atoms with E-state index in [0.29, 0.717) is 12.3 Å². The molecule has 6 nitrogen and oxygen atoms in total. The fourth-order valence-corrected chi connectivity index (χ4v) is 4.24. The Bertz CT molecular complexity index is 641. The number of hydrogen-bond acceptors (Lipinski definition) is 3. The average molecular weight is 387 g/mol. The van der Waals surface area contributed by atoms with E-state index in [2.05, 4.69) is 29.2 Å². The molecule has 154 valence electrons. The maximum atomic E-state index is 12.6. The summed E-state index contributed by atoms with van der Waals surface area (Å²) in [4.78, 5) is 32.8. The van der Waals surface area contributed by atoms with Crippen LogP contribution >= 0.6 is 0 Å². The van der Waals surface area contributed by atoms with E-state index in [1.54, 1.807) is 19.0 Å². The molecule has 1 atom stereocenters. The van der Waals surface area contributed by atoms with E-state index in [9.17, 15) is 9.59 Å². The first-order valence-corrected chi connectivity index (χ1v) is 10.5. The van der Waals surface area contributed by atoms with Crippen LogP contribution in [-0.2, 0) is 11.3 Å². The Hall–Kier alpha value is -2.08. The molecule has 0 bridgehead atoms. The number of carbonyl (C=O) groups is 2. The lowest BCUT2D eigenvalue weighted by Gasteiger charge is -2.36. The van der Waals surface area contributed by atoms with Crippen LogP contribution in [-0.4, -0.2) is 84.9 Å². The summed E-state index contributed by atoms with van der Waals surface area (Å²) in [5, 5.41) is 0. The summed E-state index contributed by atoms with van der Waals surface area (Å²) in [5.74, 6) is 0.719. The van der Waals surface area contributed by atoms with E-state index >= 15 is 0 Å². The van der Waals surface area contributed by atoms with E-state index in [4.69, 9.17) is 0 Å². The Labute approximate surface area is 169 Å². The lowest BCUT2D eigenvalue weighted by Crippen LogP contribution is -2.48. The first-order chi connectivity index (χ1) is 13.5. The lowest BCUT2D eigenvalue weighted by atomic mass is 9.93. The largest absolute Gasteiger partial charge is 0.340 e. The van der Waals surface area contributed by atoms with Crippen molar-refractivity contribution in [3.05, 3.63) is 35.9 Å². The fraction of sp³-hybridized carbons (Fsp3) is 0.636. The molecule has 0 N–H and O–H groups in total. The van der Waals surface area contributed by atoms with Crippen LogP contribution in [0.1, 0.15) is 31.2 Å². The highest BCUT2D eigenvalue weighted by atomic mass is 16.2. The molecule has 6 heteroatoms. The first kappa shape index (κ1) is 20.6. The normalized spacial score (nSPS) is 20.9. The molecule has 0 radical (unpaired) electrons. The molecule has 28 heavy (non-hydrogen) atoms. The van der Waals surface area contributed by atoms with Gasteiger partial charge in [0.25, 0.3) is 0 Å². The molecule has 3 amide bonds. The summed E-state index contributed by atoms with van der Waals surface area (Å²) in [5.41, 5.74) is 1.33. The molecule has 0 spiro atoms. The van der Waals surface area contributed by atoms with Gasteiger partial charge in [-0.25, -0.2) is 4.79 Å². The molecule has 2 aliphatic rings. The highest BCUT2D eigenvalue weighted by molar-refractivity contribution is 5.76. The van der Waals surface area contributed by atoms with Gasteiger partial charge in [-0.3, -0.25) is 9.69 Å². The third-order valence-electron chi connectivity index (χ3n) is 5.91. The van der Waals surface area contributed by atoms with Crippen LogP contribution in [0.2, 0.25) is 0 Å². The zero-order valence-corrected chi connectivity index (χ0v) is 17.3. The Morgan fingerprint density at radius 3 is 2.39 bits per heavy atom. The predicted molar refractivity (Wildman–Crippen MR) is 111 cm³/mol. The second kappa shape index (κ2) is 9.92. The number of likely N-dealkylation sites (tertiary alicyclic amines) is 1. The van der Waals surface area contributed by atoms with Crippen molar-refractivity contribution in [3.63, 3.8) is 0 Å². The number of carbonyl (C=O) groups excluding carboxylic acids is 2. The number of nitrogens with zero attached hydrogens (tertiary/aromatic N) is 4. The van der Waals surface area contributed by atoms with Crippen LogP contribution in [0.4, 0.5) is 4.79 Å². The molecule has 2 fully saturated rings. The van der Waals surface area contributed by atoms with Crippen molar-refractivity contribution < 1.29 is 9.59 Å². The number of hydrogen-bond donors (Lipinski definition) is 0. The Morgan fingerprint density at radius 1 is 1.00 bits per heavy atom. The second-order valence-corrected chi connectivity index (χ2v) is 8.31. The van der Waals surface area contributed by atoms with E-state index in [0.717, 1.165) is 65.1 Å². The molecule has 0 aromatic heterocycles. The molecular weight excluding hydrogens is 352 g/mol. The van der Waals surface area contributed by atoms with Gasteiger partial charge >= 0.3 is 6.03 Å². The van der Waals surface area contributed by atoms with E-state index in [1.807, 2.05) is 15.9 Å². The average Bonchev–Trinajstić information content (AvgIpc) is 2.73. The molecule has 3 rings (SSSR count). The number of urea groups is 1. The summed E-state index contributed by atoms with van der Waals surface area (Å²) in [7, 11) is 3.60. The molecule has 1 unspecified atom stereocenters. The minimum absolute atomic E-state index is 0.0885. The van der Waals surface area contributed by atoms with Crippen LogP contribution < -0.4 is 0 Å². The summed E-state index contributed by atoms with van der Waals surface area (Å²) >= 11 is 0. The van der Waals surface area contributed by atoms with Gasteiger partial charge in [0.05, 0.1) is 0 Å².